The molecular formula is C22H23N3O4. The van der Waals surface area contributed by atoms with Crippen molar-refractivity contribution in [3.63, 3.8) is 0 Å². The van der Waals surface area contributed by atoms with Crippen molar-refractivity contribution >= 4 is 23.4 Å². The monoisotopic (exact) mass is 393 g/mol. The van der Waals surface area contributed by atoms with E-state index in [1.54, 1.807) is 24.3 Å². The van der Waals surface area contributed by atoms with Crippen molar-refractivity contribution in [1.29, 1.82) is 0 Å². The Hall–Kier alpha value is -3.58. The first-order valence-corrected chi connectivity index (χ1v) is 9.19. The standard InChI is InChI=1S/C22H23N3O4/c1-28-13-14-29-22(27)24-19-6-4-5-18(16-19)23-21(26)15-17-7-9-20(10-8-17)25-11-2-3-12-25/h2-12,16H,13-15H2,1H3,(H,23,26)(H,24,27). The minimum Gasteiger partial charge on any atom is -0.447 e. The third-order valence-electron chi connectivity index (χ3n) is 4.12. The summed E-state index contributed by atoms with van der Waals surface area (Å²) in [6.45, 7) is 0.498. The third kappa shape index (κ3) is 6.22. The summed E-state index contributed by atoms with van der Waals surface area (Å²) < 4.78 is 11.8. The number of nitrogens with zero attached hydrogens (tertiary/aromatic N) is 1. The highest BCUT2D eigenvalue weighted by atomic mass is 16.6. The molecule has 0 bridgehead atoms. The summed E-state index contributed by atoms with van der Waals surface area (Å²) in [5.41, 5.74) is 3.07. The fraction of sp³-hybridized carbons (Fsp3) is 0.182. The van der Waals surface area contributed by atoms with Gasteiger partial charge in [-0.05, 0) is 48.0 Å². The van der Waals surface area contributed by atoms with E-state index in [2.05, 4.69) is 10.6 Å². The highest BCUT2D eigenvalue weighted by Crippen LogP contribution is 2.16. The summed E-state index contributed by atoms with van der Waals surface area (Å²) in [6, 6.07) is 18.6. The Balaban J connectivity index is 1.53. The average molecular weight is 393 g/mol. The minimum atomic E-state index is -0.576. The maximum Gasteiger partial charge on any atom is 0.411 e. The minimum absolute atomic E-state index is 0.140. The lowest BCUT2D eigenvalue weighted by Gasteiger charge is -2.10. The molecule has 0 aliphatic rings. The zero-order valence-corrected chi connectivity index (χ0v) is 16.1. The van der Waals surface area contributed by atoms with Gasteiger partial charge >= 0.3 is 6.09 Å². The van der Waals surface area contributed by atoms with Crippen LogP contribution < -0.4 is 10.6 Å². The van der Waals surface area contributed by atoms with Crippen LogP contribution in [0, 0.1) is 0 Å². The SMILES string of the molecule is COCCOC(=O)Nc1cccc(NC(=O)Cc2ccc(-n3cccc3)cc2)c1. The van der Waals surface area contributed by atoms with E-state index in [1.807, 2.05) is 53.4 Å². The van der Waals surface area contributed by atoms with E-state index in [1.165, 1.54) is 7.11 Å². The second-order valence-corrected chi connectivity index (χ2v) is 6.32. The molecule has 2 amide bonds. The lowest BCUT2D eigenvalue weighted by atomic mass is 10.1. The maximum absolute atomic E-state index is 12.4. The Morgan fingerprint density at radius 3 is 2.28 bits per heavy atom. The van der Waals surface area contributed by atoms with Crippen molar-refractivity contribution in [1.82, 2.24) is 4.57 Å². The number of hydrogen-bond acceptors (Lipinski definition) is 4. The van der Waals surface area contributed by atoms with Crippen molar-refractivity contribution in [2.75, 3.05) is 31.0 Å². The molecule has 0 aliphatic heterocycles. The molecule has 1 heterocycles. The van der Waals surface area contributed by atoms with Gasteiger partial charge in [0.05, 0.1) is 13.0 Å². The van der Waals surface area contributed by atoms with Crippen LogP contribution in [0.15, 0.2) is 73.1 Å². The first-order valence-electron chi connectivity index (χ1n) is 9.19. The second-order valence-electron chi connectivity index (χ2n) is 6.32. The smallest absolute Gasteiger partial charge is 0.411 e. The molecule has 7 heteroatoms. The van der Waals surface area contributed by atoms with Crippen LogP contribution in [0.3, 0.4) is 0 Å². The van der Waals surface area contributed by atoms with Crippen LogP contribution in [0.2, 0.25) is 0 Å². The van der Waals surface area contributed by atoms with Crippen LogP contribution in [-0.2, 0) is 20.7 Å². The lowest BCUT2D eigenvalue weighted by molar-refractivity contribution is -0.115. The second kappa shape index (κ2) is 10.1. The quantitative estimate of drug-likeness (QED) is 0.570. The van der Waals surface area contributed by atoms with Crippen LogP contribution in [0.1, 0.15) is 5.56 Å². The highest BCUT2D eigenvalue weighted by Gasteiger charge is 2.07. The van der Waals surface area contributed by atoms with Crippen molar-refractivity contribution in [3.05, 3.63) is 78.6 Å². The fourth-order valence-corrected chi connectivity index (χ4v) is 2.73. The summed E-state index contributed by atoms with van der Waals surface area (Å²) in [7, 11) is 1.53. The Kier molecular flexibility index (Phi) is 7.02. The number of nitrogens with one attached hydrogen (secondary N) is 2. The summed E-state index contributed by atoms with van der Waals surface area (Å²) in [5.74, 6) is -0.140. The number of hydrogen-bond donors (Lipinski definition) is 2. The first kappa shape index (κ1) is 20.2. The first-order chi connectivity index (χ1) is 14.1. The van der Waals surface area contributed by atoms with Crippen LogP contribution in [-0.4, -0.2) is 36.9 Å². The normalized spacial score (nSPS) is 10.4. The Bertz CT molecular complexity index is 937. The largest absolute Gasteiger partial charge is 0.447 e. The lowest BCUT2D eigenvalue weighted by Crippen LogP contribution is -2.17. The number of rotatable bonds is 8. The van der Waals surface area contributed by atoms with Gasteiger partial charge in [-0.1, -0.05) is 18.2 Å². The predicted octanol–water partition coefficient (Wildman–Crippen LogP) is 3.85. The summed E-state index contributed by atoms with van der Waals surface area (Å²) in [5, 5.41) is 5.46. The molecule has 0 fully saturated rings. The maximum atomic E-state index is 12.4. The molecule has 29 heavy (non-hydrogen) atoms. The molecule has 150 valence electrons. The van der Waals surface area contributed by atoms with Crippen LogP contribution in [0.25, 0.3) is 5.69 Å². The summed E-state index contributed by atoms with van der Waals surface area (Å²) in [6.07, 6.45) is 3.61. The number of carbonyl (C=O) groups excluding carboxylic acids is 2. The van der Waals surface area contributed by atoms with Gasteiger partial charge in [0.1, 0.15) is 6.61 Å². The topological polar surface area (TPSA) is 81.6 Å². The summed E-state index contributed by atoms with van der Waals surface area (Å²) in [4.78, 5) is 24.1. The van der Waals surface area contributed by atoms with Crippen LogP contribution in [0.4, 0.5) is 16.2 Å². The third-order valence-corrected chi connectivity index (χ3v) is 4.12. The van der Waals surface area contributed by atoms with Crippen LogP contribution in [0.5, 0.6) is 0 Å². The van der Waals surface area contributed by atoms with Gasteiger partial charge in [0.25, 0.3) is 0 Å². The van der Waals surface area contributed by atoms with Crippen molar-refractivity contribution in [3.8, 4) is 5.69 Å². The van der Waals surface area contributed by atoms with E-state index in [0.717, 1.165) is 11.3 Å². The van der Waals surface area contributed by atoms with Gasteiger partial charge in [0.2, 0.25) is 5.91 Å². The Labute approximate surface area is 169 Å². The number of methoxy groups -OCH3 is 1. The number of benzene rings is 2. The molecule has 0 radical (unpaired) electrons. The molecule has 1 aromatic heterocycles. The van der Waals surface area contributed by atoms with Crippen molar-refractivity contribution in [2.45, 2.75) is 6.42 Å². The van der Waals surface area contributed by atoms with E-state index in [-0.39, 0.29) is 18.9 Å². The van der Waals surface area contributed by atoms with Crippen molar-refractivity contribution in [2.24, 2.45) is 0 Å². The molecule has 0 unspecified atom stereocenters. The van der Waals surface area contributed by atoms with Gasteiger partial charge < -0.3 is 19.4 Å². The van der Waals surface area contributed by atoms with E-state index >= 15 is 0 Å². The molecule has 0 saturated carbocycles. The molecule has 0 aliphatic carbocycles. The van der Waals surface area contributed by atoms with E-state index in [0.29, 0.717) is 18.0 Å². The molecular weight excluding hydrogens is 370 g/mol. The number of aromatic nitrogens is 1. The zero-order valence-electron chi connectivity index (χ0n) is 16.1. The molecule has 0 saturated heterocycles. The zero-order chi connectivity index (χ0) is 20.5. The molecule has 7 nitrogen and oxygen atoms in total. The fourth-order valence-electron chi connectivity index (χ4n) is 2.73. The van der Waals surface area contributed by atoms with Gasteiger partial charge in [0.15, 0.2) is 0 Å². The Morgan fingerprint density at radius 2 is 1.59 bits per heavy atom. The van der Waals surface area contributed by atoms with E-state index in [4.69, 9.17) is 9.47 Å². The number of amides is 2. The molecule has 3 rings (SSSR count). The molecule has 0 atom stereocenters. The van der Waals surface area contributed by atoms with Gasteiger partial charge in [-0.25, -0.2) is 4.79 Å². The molecule has 2 aromatic carbocycles. The summed E-state index contributed by atoms with van der Waals surface area (Å²) >= 11 is 0. The molecule has 2 N–H and O–H groups in total. The number of anilines is 2. The predicted molar refractivity (Wildman–Crippen MR) is 111 cm³/mol. The van der Waals surface area contributed by atoms with E-state index < -0.39 is 6.09 Å². The number of carbonyl (C=O) groups is 2. The Morgan fingerprint density at radius 1 is 0.897 bits per heavy atom. The molecule has 0 spiro atoms. The van der Waals surface area contributed by atoms with Gasteiger partial charge in [0, 0.05) is 36.6 Å². The van der Waals surface area contributed by atoms with Crippen molar-refractivity contribution < 1.29 is 19.1 Å². The molecule has 3 aromatic rings. The van der Waals surface area contributed by atoms with Gasteiger partial charge in [-0.3, -0.25) is 10.1 Å². The van der Waals surface area contributed by atoms with Gasteiger partial charge in [-0.2, -0.15) is 0 Å². The van der Waals surface area contributed by atoms with Gasteiger partial charge in [-0.15, -0.1) is 0 Å². The average Bonchev–Trinajstić information content (AvgIpc) is 3.24. The van der Waals surface area contributed by atoms with Crippen LogP contribution >= 0.6 is 0 Å². The van der Waals surface area contributed by atoms with E-state index in [9.17, 15) is 9.59 Å². The number of ether oxygens (including phenoxy) is 2. The highest BCUT2D eigenvalue weighted by molar-refractivity contribution is 5.93.